The Balaban J connectivity index is 2.42. The van der Waals surface area contributed by atoms with Crippen molar-refractivity contribution in [3.63, 3.8) is 0 Å². The highest BCUT2D eigenvalue weighted by molar-refractivity contribution is 7.89. The fourth-order valence-electron chi connectivity index (χ4n) is 2.08. The lowest BCUT2D eigenvalue weighted by Crippen LogP contribution is -2.36. The first-order chi connectivity index (χ1) is 7.20. The summed E-state index contributed by atoms with van der Waals surface area (Å²) in [4.78, 5) is 0. The molecule has 0 amide bonds. The van der Waals surface area contributed by atoms with E-state index in [0.29, 0.717) is 12.5 Å². The van der Waals surface area contributed by atoms with Crippen LogP contribution in [0.3, 0.4) is 0 Å². The number of sulfonamides is 1. The molecular weight excluding hydrogens is 246 g/mol. The van der Waals surface area contributed by atoms with Crippen molar-refractivity contribution < 1.29 is 8.42 Å². The Morgan fingerprint density at radius 2 is 1.94 bits per heavy atom. The lowest BCUT2D eigenvalue weighted by molar-refractivity contribution is 0.453. The van der Waals surface area contributed by atoms with Crippen molar-refractivity contribution >= 4 is 21.6 Å². The molecule has 1 aliphatic rings. The van der Waals surface area contributed by atoms with Crippen molar-refractivity contribution in [2.75, 3.05) is 12.3 Å². The third-order valence-electron chi connectivity index (χ3n) is 2.75. The predicted octanol–water partition coefficient (Wildman–Crippen LogP) is 2.36. The van der Waals surface area contributed by atoms with Crippen molar-refractivity contribution in [1.82, 2.24) is 4.72 Å². The van der Waals surface area contributed by atoms with Crippen molar-refractivity contribution in [2.24, 2.45) is 11.3 Å². The van der Waals surface area contributed by atoms with E-state index < -0.39 is 10.0 Å². The van der Waals surface area contributed by atoms with Crippen LogP contribution < -0.4 is 4.72 Å². The zero-order chi connectivity index (χ0) is 12.4. The summed E-state index contributed by atoms with van der Waals surface area (Å²) < 4.78 is 26.2. The fourth-order valence-corrected chi connectivity index (χ4v) is 4.16. The number of hydrogen-bond donors (Lipinski definition) is 1. The number of nitrogens with one attached hydrogen (secondary N) is 1. The molecule has 1 fully saturated rings. The summed E-state index contributed by atoms with van der Waals surface area (Å²) in [6.45, 7) is 6.26. The molecule has 16 heavy (non-hydrogen) atoms. The van der Waals surface area contributed by atoms with Crippen molar-refractivity contribution in [3.05, 3.63) is 0 Å². The second-order valence-corrected chi connectivity index (χ2v) is 8.24. The molecule has 1 N–H and O–H groups in total. The molecule has 5 heteroatoms. The molecule has 0 radical (unpaired) electrons. The van der Waals surface area contributed by atoms with E-state index in [9.17, 15) is 8.42 Å². The molecule has 1 saturated carbocycles. The molecular formula is C11H22ClNO2S. The summed E-state index contributed by atoms with van der Waals surface area (Å²) >= 11 is 6.11. The molecule has 0 aliphatic heterocycles. The Bertz CT molecular complexity index is 321. The molecule has 1 rings (SSSR count). The van der Waals surface area contributed by atoms with Gasteiger partial charge in [0.15, 0.2) is 0 Å². The lowest BCUT2D eigenvalue weighted by Gasteiger charge is -2.20. The number of hydrogen-bond acceptors (Lipinski definition) is 2. The number of halogens is 1. The van der Waals surface area contributed by atoms with Crippen molar-refractivity contribution in [2.45, 2.75) is 45.4 Å². The van der Waals surface area contributed by atoms with Gasteiger partial charge in [-0.2, -0.15) is 0 Å². The van der Waals surface area contributed by atoms with Crippen LogP contribution in [0.25, 0.3) is 0 Å². The Hall–Kier alpha value is 0.200. The number of rotatable bonds is 4. The van der Waals surface area contributed by atoms with E-state index in [-0.39, 0.29) is 16.5 Å². The van der Waals surface area contributed by atoms with Gasteiger partial charge in [-0.25, -0.2) is 13.1 Å². The molecule has 0 aromatic carbocycles. The third-order valence-corrected chi connectivity index (χ3v) is 5.18. The summed E-state index contributed by atoms with van der Waals surface area (Å²) in [5, 5.41) is 0.136. The Morgan fingerprint density at radius 1 is 1.31 bits per heavy atom. The monoisotopic (exact) mass is 267 g/mol. The van der Waals surface area contributed by atoms with E-state index in [0.717, 1.165) is 19.3 Å². The molecule has 3 nitrogen and oxygen atoms in total. The molecule has 0 heterocycles. The van der Waals surface area contributed by atoms with Crippen LogP contribution in [-0.4, -0.2) is 26.1 Å². The van der Waals surface area contributed by atoms with Gasteiger partial charge in [0, 0.05) is 11.9 Å². The maximum atomic E-state index is 11.8. The second kappa shape index (κ2) is 5.23. The normalized spacial score (nSPS) is 27.2. The van der Waals surface area contributed by atoms with Gasteiger partial charge in [-0.1, -0.05) is 27.2 Å². The highest BCUT2D eigenvalue weighted by atomic mass is 35.5. The molecule has 2 atom stereocenters. The molecule has 0 spiro atoms. The quantitative estimate of drug-likeness (QED) is 0.795. The maximum Gasteiger partial charge on any atom is 0.212 e. The Labute approximate surface area is 104 Å². The van der Waals surface area contributed by atoms with Gasteiger partial charge in [-0.3, -0.25) is 0 Å². The fraction of sp³-hybridized carbons (Fsp3) is 1.00. The molecule has 0 aromatic rings. The van der Waals surface area contributed by atoms with E-state index in [1.54, 1.807) is 0 Å². The van der Waals surface area contributed by atoms with E-state index in [1.807, 2.05) is 20.8 Å². The minimum absolute atomic E-state index is 0.136. The van der Waals surface area contributed by atoms with E-state index in [1.165, 1.54) is 0 Å². The van der Waals surface area contributed by atoms with Crippen LogP contribution in [0, 0.1) is 11.3 Å². The second-order valence-electron chi connectivity index (χ2n) is 5.88. The van der Waals surface area contributed by atoms with Crippen LogP contribution in [0.4, 0.5) is 0 Å². The Kier molecular flexibility index (Phi) is 4.66. The average Bonchev–Trinajstić information content (AvgIpc) is 2.43. The highest BCUT2D eigenvalue weighted by Gasteiger charge is 2.28. The van der Waals surface area contributed by atoms with Gasteiger partial charge in [-0.05, 0) is 24.2 Å². The summed E-state index contributed by atoms with van der Waals surface area (Å²) in [5.74, 6) is 0.469. The molecule has 0 bridgehead atoms. The summed E-state index contributed by atoms with van der Waals surface area (Å²) in [6, 6.07) is 0. The van der Waals surface area contributed by atoms with Gasteiger partial charge in [0.05, 0.1) is 5.75 Å². The van der Waals surface area contributed by atoms with Crippen LogP contribution in [0.15, 0.2) is 0 Å². The molecule has 0 saturated heterocycles. The van der Waals surface area contributed by atoms with Gasteiger partial charge in [0.2, 0.25) is 10.0 Å². The Morgan fingerprint density at radius 3 is 2.38 bits per heavy atom. The molecule has 1 aliphatic carbocycles. The average molecular weight is 268 g/mol. The van der Waals surface area contributed by atoms with E-state index in [4.69, 9.17) is 11.6 Å². The van der Waals surface area contributed by atoms with Crippen molar-refractivity contribution in [1.29, 1.82) is 0 Å². The first-order valence-corrected chi connectivity index (χ1v) is 7.90. The van der Waals surface area contributed by atoms with Gasteiger partial charge in [0.1, 0.15) is 0 Å². The minimum atomic E-state index is -3.16. The van der Waals surface area contributed by atoms with E-state index in [2.05, 4.69) is 4.72 Å². The van der Waals surface area contributed by atoms with Gasteiger partial charge >= 0.3 is 0 Å². The minimum Gasteiger partial charge on any atom is -0.215 e. The molecule has 2 unspecified atom stereocenters. The zero-order valence-electron chi connectivity index (χ0n) is 10.3. The van der Waals surface area contributed by atoms with Crippen LogP contribution in [0.5, 0.6) is 0 Å². The maximum absolute atomic E-state index is 11.8. The third kappa shape index (κ3) is 5.02. The van der Waals surface area contributed by atoms with Crippen LogP contribution in [0.1, 0.15) is 40.0 Å². The van der Waals surface area contributed by atoms with E-state index >= 15 is 0 Å². The molecule has 0 aromatic heterocycles. The summed E-state index contributed by atoms with van der Waals surface area (Å²) in [7, 11) is -3.16. The van der Waals surface area contributed by atoms with Gasteiger partial charge in [-0.15, -0.1) is 11.6 Å². The molecule has 96 valence electrons. The smallest absolute Gasteiger partial charge is 0.212 e. The number of alkyl halides is 1. The van der Waals surface area contributed by atoms with Crippen LogP contribution in [-0.2, 0) is 10.0 Å². The highest BCUT2D eigenvalue weighted by Crippen LogP contribution is 2.29. The first kappa shape index (κ1) is 14.3. The topological polar surface area (TPSA) is 46.2 Å². The lowest BCUT2D eigenvalue weighted by atomic mass is 10.0. The summed E-state index contributed by atoms with van der Waals surface area (Å²) in [5.41, 5.74) is -0.206. The SMILES string of the molecule is CC(C)(C)CS(=O)(=O)NCC1CCCC1Cl. The first-order valence-electron chi connectivity index (χ1n) is 5.81. The zero-order valence-corrected chi connectivity index (χ0v) is 11.9. The van der Waals surface area contributed by atoms with Crippen LogP contribution >= 0.6 is 11.6 Å². The van der Waals surface area contributed by atoms with Gasteiger partial charge in [0.25, 0.3) is 0 Å². The van der Waals surface area contributed by atoms with Crippen LogP contribution in [0.2, 0.25) is 0 Å². The van der Waals surface area contributed by atoms with Crippen molar-refractivity contribution in [3.8, 4) is 0 Å². The van der Waals surface area contributed by atoms with Gasteiger partial charge < -0.3 is 0 Å². The largest absolute Gasteiger partial charge is 0.215 e. The summed E-state index contributed by atoms with van der Waals surface area (Å²) in [6.07, 6.45) is 3.15. The predicted molar refractivity (Wildman–Crippen MR) is 68.2 cm³/mol. The standard InChI is InChI=1S/C11H22ClNO2S/c1-11(2,3)8-16(14,15)13-7-9-5-4-6-10(9)12/h9-10,13H,4-8H2,1-3H3.